The second-order valence-electron chi connectivity index (χ2n) is 3.72. The predicted molar refractivity (Wildman–Crippen MR) is 60.5 cm³/mol. The standard InChI is InChI=1S/C9H17F3N2.C2H6/c1-2-13-8-3-5-14(6-4-8)7-9(10,11)12;1-2/h8,13H,2-7H2,1H3;1-2H3. The molecule has 1 rings (SSSR count). The molecule has 0 unspecified atom stereocenters. The van der Waals surface area contributed by atoms with Crippen LogP contribution in [0.25, 0.3) is 0 Å². The average Bonchev–Trinajstić information content (AvgIpc) is 2.22. The van der Waals surface area contributed by atoms with Gasteiger partial charge < -0.3 is 5.32 Å². The molecular formula is C11H23F3N2. The Labute approximate surface area is 96.2 Å². The minimum Gasteiger partial charge on any atom is -0.314 e. The number of likely N-dealkylation sites (tertiary alicyclic amines) is 1. The Kier molecular flexibility index (Phi) is 7.76. The van der Waals surface area contributed by atoms with Crippen molar-refractivity contribution in [3.8, 4) is 0 Å². The van der Waals surface area contributed by atoms with Crippen LogP contribution in [0.1, 0.15) is 33.6 Å². The van der Waals surface area contributed by atoms with E-state index in [2.05, 4.69) is 5.32 Å². The monoisotopic (exact) mass is 240 g/mol. The molecule has 0 aliphatic carbocycles. The molecule has 1 aliphatic heterocycles. The Morgan fingerprint density at radius 3 is 2.06 bits per heavy atom. The number of nitrogens with zero attached hydrogens (tertiary/aromatic N) is 1. The van der Waals surface area contributed by atoms with Crippen LogP contribution in [-0.2, 0) is 0 Å². The summed E-state index contributed by atoms with van der Waals surface area (Å²) in [6, 6.07) is 0.407. The van der Waals surface area contributed by atoms with Crippen LogP contribution in [0, 0.1) is 0 Å². The SMILES string of the molecule is CC.CCNC1CCN(CC(F)(F)F)CC1. The van der Waals surface area contributed by atoms with Gasteiger partial charge in [-0.15, -0.1) is 0 Å². The predicted octanol–water partition coefficient (Wildman–Crippen LogP) is 2.65. The molecule has 98 valence electrons. The van der Waals surface area contributed by atoms with Gasteiger partial charge in [0.05, 0.1) is 6.54 Å². The van der Waals surface area contributed by atoms with Crippen molar-refractivity contribution < 1.29 is 13.2 Å². The van der Waals surface area contributed by atoms with Gasteiger partial charge in [-0.3, -0.25) is 4.90 Å². The van der Waals surface area contributed by atoms with Gasteiger partial charge in [-0.25, -0.2) is 0 Å². The van der Waals surface area contributed by atoms with E-state index < -0.39 is 12.7 Å². The van der Waals surface area contributed by atoms with Crippen molar-refractivity contribution in [3.63, 3.8) is 0 Å². The molecule has 0 aromatic heterocycles. The molecule has 0 bridgehead atoms. The largest absolute Gasteiger partial charge is 0.401 e. The summed E-state index contributed by atoms with van der Waals surface area (Å²) in [6.07, 6.45) is -2.40. The fourth-order valence-electron chi connectivity index (χ4n) is 1.84. The van der Waals surface area contributed by atoms with Gasteiger partial charge in [0.1, 0.15) is 0 Å². The van der Waals surface area contributed by atoms with Crippen molar-refractivity contribution in [1.29, 1.82) is 0 Å². The molecule has 5 heteroatoms. The number of rotatable bonds is 3. The Bertz CT molecular complexity index is 163. The fourth-order valence-corrected chi connectivity index (χ4v) is 1.84. The molecule has 0 aromatic rings. The molecule has 0 spiro atoms. The van der Waals surface area contributed by atoms with Gasteiger partial charge in [-0.2, -0.15) is 13.2 Å². The van der Waals surface area contributed by atoms with Gasteiger partial charge in [0.2, 0.25) is 0 Å². The van der Waals surface area contributed by atoms with E-state index in [0.29, 0.717) is 19.1 Å². The van der Waals surface area contributed by atoms with E-state index in [1.165, 1.54) is 4.90 Å². The zero-order chi connectivity index (χ0) is 12.6. The third kappa shape index (κ3) is 7.06. The molecule has 1 aliphatic rings. The summed E-state index contributed by atoms with van der Waals surface area (Å²) >= 11 is 0. The third-order valence-electron chi connectivity index (χ3n) is 2.48. The maximum absolute atomic E-state index is 12.0. The lowest BCUT2D eigenvalue weighted by Gasteiger charge is -2.32. The van der Waals surface area contributed by atoms with Crippen molar-refractivity contribution in [1.82, 2.24) is 10.2 Å². The molecule has 0 radical (unpaired) electrons. The molecule has 2 nitrogen and oxygen atoms in total. The van der Waals surface area contributed by atoms with E-state index in [-0.39, 0.29) is 0 Å². The first kappa shape index (κ1) is 15.7. The summed E-state index contributed by atoms with van der Waals surface area (Å²) in [4.78, 5) is 1.48. The Morgan fingerprint density at radius 1 is 1.19 bits per heavy atom. The number of nitrogens with one attached hydrogen (secondary N) is 1. The maximum Gasteiger partial charge on any atom is 0.401 e. The molecule has 0 atom stereocenters. The fraction of sp³-hybridized carbons (Fsp3) is 1.00. The van der Waals surface area contributed by atoms with Crippen LogP contribution < -0.4 is 5.32 Å². The lowest BCUT2D eigenvalue weighted by molar-refractivity contribution is -0.148. The minimum atomic E-state index is -4.05. The topological polar surface area (TPSA) is 15.3 Å². The van der Waals surface area contributed by atoms with Crippen LogP contribution in [-0.4, -0.2) is 43.3 Å². The summed E-state index contributed by atoms with van der Waals surface area (Å²) in [5.74, 6) is 0. The van der Waals surface area contributed by atoms with Crippen LogP contribution in [0.3, 0.4) is 0 Å². The zero-order valence-electron chi connectivity index (χ0n) is 10.4. The quantitative estimate of drug-likeness (QED) is 0.816. The van der Waals surface area contributed by atoms with Crippen LogP contribution in [0.2, 0.25) is 0 Å². The van der Waals surface area contributed by atoms with Crippen molar-refractivity contribution >= 4 is 0 Å². The smallest absolute Gasteiger partial charge is 0.314 e. The summed E-state index contributed by atoms with van der Waals surface area (Å²) in [7, 11) is 0. The van der Waals surface area contributed by atoms with Gasteiger partial charge in [0.25, 0.3) is 0 Å². The second-order valence-corrected chi connectivity index (χ2v) is 3.72. The van der Waals surface area contributed by atoms with Crippen LogP contribution in [0.5, 0.6) is 0 Å². The number of alkyl halides is 3. The summed E-state index contributed by atoms with van der Waals surface area (Å²) in [5.41, 5.74) is 0. The maximum atomic E-state index is 12.0. The van der Waals surface area contributed by atoms with E-state index in [0.717, 1.165) is 19.4 Å². The highest BCUT2D eigenvalue weighted by atomic mass is 19.4. The first-order valence-electron chi connectivity index (χ1n) is 6.04. The summed E-state index contributed by atoms with van der Waals surface area (Å²) < 4.78 is 36.1. The first-order valence-corrected chi connectivity index (χ1v) is 6.04. The number of piperidine rings is 1. The van der Waals surface area contributed by atoms with E-state index in [9.17, 15) is 13.2 Å². The van der Waals surface area contributed by atoms with Crippen molar-refractivity contribution in [2.45, 2.75) is 45.8 Å². The minimum absolute atomic E-state index is 0.407. The number of halogens is 3. The number of hydrogen-bond donors (Lipinski definition) is 1. The van der Waals surface area contributed by atoms with Crippen molar-refractivity contribution in [2.24, 2.45) is 0 Å². The Morgan fingerprint density at radius 2 is 1.69 bits per heavy atom. The van der Waals surface area contributed by atoms with Gasteiger partial charge in [0.15, 0.2) is 0 Å². The second kappa shape index (κ2) is 7.90. The number of hydrogen-bond acceptors (Lipinski definition) is 2. The van der Waals surface area contributed by atoms with Gasteiger partial charge in [-0.1, -0.05) is 20.8 Å². The summed E-state index contributed by atoms with van der Waals surface area (Å²) in [6.45, 7) is 7.26. The van der Waals surface area contributed by atoms with Crippen LogP contribution >= 0.6 is 0 Å². The highest BCUT2D eigenvalue weighted by Gasteiger charge is 2.32. The molecule has 0 amide bonds. The summed E-state index contributed by atoms with van der Waals surface area (Å²) in [5, 5.41) is 3.26. The average molecular weight is 240 g/mol. The lowest BCUT2D eigenvalue weighted by Crippen LogP contribution is -2.45. The van der Waals surface area contributed by atoms with E-state index in [1.807, 2.05) is 20.8 Å². The van der Waals surface area contributed by atoms with E-state index in [1.54, 1.807) is 0 Å². The third-order valence-corrected chi connectivity index (χ3v) is 2.48. The van der Waals surface area contributed by atoms with Gasteiger partial charge in [0, 0.05) is 6.04 Å². The molecule has 1 fully saturated rings. The highest BCUT2D eigenvalue weighted by Crippen LogP contribution is 2.19. The van der Waals surface area contributed by atoms with E-state index >= 15 is 0 Å². The van der Waals surface area contributed by atoms with Crippen LogP contribution in [0.15, 0.2) is 0 Å². The molecule has 0 saturated carbocycles. The molecular weight excluding hydrogens is 217 g/mol. The molecule has 0 aromatic carbocycles. The normalized spacial score (nSPS) is 19.1. The van der Waals surface area contributed by atoms with Gasteiger partial charge >= 0.3 is 6.18 Å². The Hall–Kier alpha value is -0.290. The van der Waals surface area contributed by atoms with Gasteiger partial charge in [-0.05, 0) is 32.5 Å². The molecule has 16 heavy (non-hydrogen) atoms. The zero-order valence-corrected chi connectivity index (χ0v) is 10.4. The molecule has 1 N–H and O–H groups in total. The van der Waals surface area contributed by atoms with Crippen molar-refractivity contribution in [3.05, 3.63) is 0 Å². The van der Waals surface area contributed by atoms with Crippen molar-refractivity contribution in [2.75, 3.05) is 26.2 Å². The van der Waals surface area contributed by atoms with E-state index in [4.69, 9.17) is 0 Å². The Balaban J connectivity index is 0.00000106. The molecule has 1 heterocycles. The molecule has 1 saturated heterocycles. The van der Waals surface area contributed by atoms with Crippen LogP contribution in [0.4, 0.5) is 13.2 Å². The first-order chi connectivity index (χ1) is 7.51. The lowest BCUT2D eigenvalue weighted by atomic mass is 10.1. The highest BCUT2D eigenvalue weighted by molar-refractivity contribution is 4.77.